The van der Waals surface area contributed by atoms with Gasteiger partial charge in [-0.3, -0.25) is 0 Å². The molecule has 14 heavy (non-hydrogen) atoms. The zero-order valence-electron chi connectivity index (χ0n) is 6.97. The predicted octanol–water partition coefficient (Wildman–Crippen LogP) is 1.81. The maximum atomic E-state index is 13.1. The van der Waals surface area contributed by atoms with Gasteiger partial charge in [-0.15, -0.1) is 0 Å². The molecule has 6 heteroatoms. The van der Waals surface area contributed by atoms with Crippen LogP contribution in [0.4, 0.5) is 13.2 Å². The van der Waals surface area contributed by atoms with Gasteiger partial charge in [0.15, 0.2) is 17.4 Å². The van der Waals surface area contributed by atoms with Crippen molar-refractivity contribution in [1.82, 2.24) is 0 Å². The number of carbonyl (C=O) groups is 1. The van der Waals surface area contributed by atoms with Crippen LogP contribution in [0.2, 0.25) is 0 Å². The summed E-state index contributed by atoms with van der Waals surface area (Å²) in [5, 5.41) is 8.42. The molecule has 0 aliphatic rings. The second kappa shape index (κ2) is 3.57. The Kier molecular flexibility index (Phi) is 2.64. The van der Waals surface area contributed by atoms with Gasteiger partial charge in [0.2, 0.25) is 5.82 Å². The molecule has 76 valence electrons. The minimum atomic E-state index is -1.69. The largest absolute Gasteiger partial charge is 0.491 e. The molecule has 0 bridgehead atoms. The highest BCUT2D eigenvalue weighted by Gasteiger charge is 2.22. The van der Waals surface area contributed by atoms with E-state index < -0.39 is 34.7 Å². The number of carboxylic acid groups (broad SMARTS) is 1. The average molecular weight is 206 g/mol. The van der Waals surface area contributed by atoms with Gasteiger partial charge in [-0.2, -0.15) is 4.39 Å². The molecule has 1 aromatic rings. The van der Waals surface area contributed by atoms with Crippen molar-refractivity contribution in [3.63, 3.8) is 0 Å². The number of hydrogen-bond acceptors (Lipinski definition) is 2. The summed E-state index contributed by atoms with van der Waals surface area (Å²) in [7, 11) is 0.909. The van der Waals surface area contributed by atoms with Gasteiger partial charge < -0.3 is 9.84 Å². The molecule has 0 amide bonds. The van der Waals surface area contributed by atoms with E-state index in [1.807, 2.05) is 0 Å². The van der Waals surface area contributed by atoms with Crippen molar-refractivity contribution in [3.8, 4) is 5.75 Å². The lowest BCUT2D eigenvalue weighted by atomic mass is 10.2. The summed E-state index contributed by atoms with van der Waals surface area (Å²) in [5.41, 5.74) is -0.972. The van der Waals surface area contributed by atoms with Crippen molar-refractivity contribution in [3.05, 3.63) is 29.1 Å². The van der Waals surface area contributed by atoms with E-state index in [-0.39, 0.29) is 6.07 Å². The average Bonchev–Trinajstić information content (AvgIpc) is 2.12. The maximum absolute atomic E-state index is 13.1. The molecule has 0 aliphatic carbocycles. The first-order valence-electron chi connectivity index (χ1n) is 3.43. The lowest BCUT2D eigenvalue weighted by Gasteiger charge is -2.06. The summed E-state index contributed by atoms with van der Waals surface area (Å²) in [6.45, 7) is 0. The van der Waals surface area contributed by atoms with Crippen LogP contribution in [0, 0.1) is 17.5 Å². The molecule has 0 saturated carbocycles. The molecular formula is C8H5F3O3. The molecule has 1 N–H and O–H groups in total. The van der Waals surface area contributed by atoms with Crippen LogP contribution in [0.1, 0.15) is 10.4 Å². The Morgan fingerprint density at radius 2 is 1.93 bits per heavy atom. The molecule has 3 nitrogen and oxygen atoms in total. The molecule has 0 radical (unpaired) electrons. The van der Waals surface area contributed by atoms with Gasteiger partial charge in [0.1, 0.15) is 5.56 Å². The zero-order chi connectivity index (χ0) is 10.9. The zero-order valence-corrected chi connectivity index (χ0v) is 6.97. The number of ether oxygens (including phenoxy) is 1. The Hall–Kier alpha value is -1.72. The quantitative estimate of drug-likeness (QED) is 0.750. The molecule has 0 heterocycles. The van der Waals surface area contributed by atoms with Crippen molar-refractivity contribution >= 4 is 5.97 Å². The van der Waals surface area contributed by atoms with Gasteiger partial charge in [-0.25, -0.2) is 13.6 Å². The molecule has 0 fully saturated rings. The maximum Gasteiger partial charge on any atom is 0.338 e. The van der Waals surface area contributed by atoms with Gasteiger partial charge in [0.25, 0.3) is 0 Å². The van der Waals surface area contributed by atoms with Crippen molar-refractivity contribution in [2.75, 3.05) is 7.11 Å². The van der Waals surface area contributed by atoms with E-state index in [1.165, 1.54) is 0 Å². The van der Waals surface area contributed by atoms with E-state index in [1.54, 1.807) is 0 Å². The van der Waals surface area contributed by atoms with Gasteiger partial charge in [0.05, 0.1) is 7.11 Å². The number of carboxylic acids is 1. The Morgan fingerprint density at radius 1 is 1.36 bits per heavy atom. The molecule has 0 aromatic heterocycles. The number of hydrogen-bond donors (Lipinski definition) is 1. The van der Waals surface area contributed by atoms with E-state index >= 15 is 0 Å². The molecule has 0 saturated heterocycles. The number of methoxy groups -OCH3 is 1. The molecular weight excluding hydrogens is 201 g/mol. The highest BCUT2D eigenvalue weighted by molar-refractivity contribution is 5.88. The number of benzene rings is 1. The normalized spacial score (nSPS) is 10.0. The number of rotatable bonds is 2. The van der Waals surface area contributed by atoms with Crippen molar-refractivity contribution in [1.29, 1.82) is 0 Å². The first kappa shape index (κ1) is 10.4. The third-order valence-corrected chi connectivity index (χ3v) is 1.55. The Morgan fingerprint density at radius 3 is 2.36 bits per heavy atom. The van der Waals surface area contributed by atoms with Crippen molar-refractivity contribution in [2.24, 2.45) is 0 Å². The fraction of sp³-hybridized carbons (Fsp3) is 0.125. The van der Waals surface area contributed by atoms with Gasteiger partial charge in [0, 0.05) is 0 Å². The first-order chi connectivity index (χ1) is 6.49. The molecule has 0 aliphatic heterocycles. The monoisotopic (exact) mass is 206 g/mol. The molecule has 0 unspecified atom stereocenters. The van der Waals surface area contributed by atoms with Crippen LogP contribution in [-0.4, -0.2) is 18.2 Å². The van der Waals surface area contributed by atoms with E-state index in [0.29, 0.717) is 0 Å². The van der Waals surface area contributed by atoms with E-state index in [2.05, 4.69) is 4.74 Å². The summed E-state index contributed by atoms with van der Waals surface area (Å²) < 4.78 is 42.7. The topological polar surface area (TPSA) is 46.5 Å². The van der Waals surface area contributed by atoms with Crippen molar-refractivity contribution in [2.45, 2.75) is 0 Å². The fourth-order valence-corrected chi connectivity index (χ4v) is 0.915. The van der Waals surface area contributed by atoms with Crippen LogP contribution in [0.25, 0.3) is 0 Å². The number of aromatic carboxylic acids is 1. The van der Waals surface area contributed by atoms with Gasteiger partial charge in [-0.1, -0.05) is 0 Å². The van der Waals surface area contributed by atoms with E-state index in [0.717, 1.165) is 7.11 Å². The van der Waals surface area contributed by atoms with Crippen molar-refractivity contribution < 1.29 is 27.8 Å². The van der Waals surface area contributed by atoms with Gasteiger partial charge >= 0.3 is 5.97 Å². The minimum Gasteiger partial charge on any atom is -0.491 e. The second-order valence-corrected chi connectivity index (χ2v) is 2.37. The molecule has 1 rings (SSSR count). The minimum absolute atomic E-state index is 0.259. The van der Waals surface area contributed by atoms with Gasteiger partial charge in [-0.05, 0) is 6.07 Å². The lowest BCUT2D eigenvalue weighted by Crippen LogP contribution is -2.06. The highest BCUT2D eigenvalue weighted by atomic mass is 19.2. The molecule has 0 atom stereocenters. The SMILES string of the molecule is COc1c(F)c(F)cc(C(=O)O)c1F. The van der Waals surface area contributed by atoms with Crippen LogP contribution in [-0.2, 0) is 0 Å². The molecule has 1 aromatic carbocycles. The summed E-state index contributed by atoms with van der Waals surface area (Å²) in [4.78, 5) is 10.4. The Labute approximate surface area is 76.7 Å². The summed E-state index contributed by atoms with van der Waals surface area (Å²) in [6, 6.07) is 0.259. The highest BCUT2D eigenvalue weighted by Crippen LogP contribution is 2.26. The Bertz CT molecular complexity index is 390. The van der Waals surface area contributed by atoms with Crippen LogP contribution >= 0.6 is 0 Å². The summed E-state index contributed by atoms with van der Waals surface area (Å²) in [5.74, 6) is -7.18. The third kappa shape index (κ3) is 1.50. The van der Waals surface area contributed by atoms with Crippen LogP contribution in [0.15, 0.2) is 6.07 Å². The Balaban J connectivity index is 3.50. The van der Waals surface area contributed by atoms with E-state index in [4.69, 9.17) is 5.11 Å². The lowest BCUT2D eigenvalue weighted by molar-refractivity contribution is 0.0690. The predicted molar refractivity (Wildman–Crippen MR) is 39.8 cm³/mol. The van der Waals surface area contributed by atoms with Crippen LogP contribution in [0.3, 0.4) is 0 Å². The summed E-state index contributed by atoms with van der Waals surface area (Å²) in [6.07, 6.45) is 0. The van der Waals surface area contributed by atoms with Crippen LogP contribution in [0.5, 0.6) is 5.75 Å². The fourth-order valence-electron chi connectivity index (χ4n) is 0.915. The summed E-state index contributed by atoms with van der Waals surface area (Å²) >= 11 is 0. The van der Waals surface area contributed by atoms with E-state index in [9.17, 15) is 18.0 Å². The number of halogens is 3. The standard InChI is InChI=1S/C8H5F3O3/c1-14-7-5(10)3(8(12)13)2-4(9)6(7)11/h2H,1H3,(H,12,13). The first-order valence-corrected chi connectivity index (χ1v) is 3.43. The second-order valence-electron chi connectivity index (χ2n) is 2.37. The third-order valence-electron chi connectivity index (χ3n) is 1.55. The smallest absolute Gasteiger partial charge is 0.338 e. The molecule has 0 spiro atoms. The van der Waals surface area contributed by atoms with Crippen LogP contribution < -0.4 is 4.74 Å².